The van der Waals surface area contributed by atoms with Crippen LogP contribution in [-0.4, -0.2) is 15.7 Å². The SMILES string of the molecule is CCn1nc(C)c(Cl)c1COC(=O)c1cc(N)cc(N)c1. The Balaban J connectivity index is 2.14. The highest BCUT2D eigenvalue weighted by molar-refractivity contribution is 6.31. The molecule has 0 radical (unpaired) electrons. The molecule has 0 unspecified atom stereocenters. The first-order valence-corrected chi connectivity index (χ1v) is 6.85. The van der Waals surface area contributed by atoms with E-state index in [-0.39, 0.29) is 6.61 Å². The molecule has 2 rings (SSSR count). The molecule has 112 valence electrons. The van der Waals surface area contributed by atoms with Gasteiger partial charge < -0.3 is 16.2 Å². The average molecular weight is 309 g/mol. The fourth-order valence-corrected chi connectivity index (χ4v) is 2.21. The normalized spacial score (nSPS) is 10.6. The molecule has 1 aromatic carbocycles. The maximum absolute atomic E-state index is 12.0. The number of nitrogen functional groups attached to an aromatic ring is 2. The Labute approximate surface area is 127 Å². The highest BCUT2D eigenvalue weighted by Crippen LogP contribution is 2.22. The van der Waals surface area contributed by atoms with Crippen molar-refractivity contribution in [3.63, 3.8) is 0 Å². The Hall–Kier alpha value is -2.21. The minimum absolute atomic E-state index is 0.0427. The van der Waals surface area contributed by atoms with Crippen LogP contribution in [0.2, 0.25) is 5.02 Å². The van der Waals surface area contributed by atoms with Gasteiger partial charge in [0.25, 0.3) is 0 Å². The van der Waals surface area contributed by atoms with E-state index >= 15 is 0 Å². The fourth-order valence-electron chi connectivity index (χ4n) is 2.02. The van der Waals surface area contributed by atoms with Gasteiger partial charge in [0.1, 0.15) is 6.61 Å². The van der Waals surface area contributed by atoms with Crippen molar-refractivity contribution < 1.29 is 9.53 Å². The van der Waals surface area contributed by atoms with Crippen LogP contribution < -0.4 is 11.5 Å². The van der Waals surface area contributed by atoms with Crippen LogP contribution in [-0.2, 0) is 17.9 Å². The number of nitrogens with zero attached hydrogens (tertiary/aromatic N) is 2. The van der Waals surface area contributed by atoms with Gasteiger partial charge in [-0.1, -0.05) is 11.6 Å². The van der Waals surface area contributed by atoms with Crippen LogP contribution in [0.3, 0.4) is 0 Å². The average Bonchev–Trinajstić information content (AvgIpc) is 2.70. The summed E-state index contributed by atoms with van der Waals surface area (Å²) in [6.45, 7) is 4.43. The second kappa shape index (κ2) is 6.05. The zero-order valence-electron chi connectivity index (χ0n) is 11.9. The van der Waals surface area contributed by atoms with E-state index in [0.29, 0.717) is 39.9 Å². The molecule has 0 saturated heterocycles. The van der Waals surface area contributed by atoms with Gasteiger partial charge in [-0.25, -0.2) is 4.79 Å². The highest BCUT2D eigenvalue weighted by atomic mass is 35.5. The summed E-state index contributed by atoms with van der Waals surface area (Å²) in [5.74, 6) is -0.508. The van der Waals surface area contributed by atoms with Crippen LogP contribution in [0.25, 0.3) is 0 Å². The molecule has 0 aliphatic carbocycles. The van der Waals surface area contributed by atoms with Gasteiger partial charge in [0.15, 0.2) is 0 Å². The number of hydrogen-bond donors (Lipinski definition) is 2. The summed E-state index contributed by atoms with van der Waals surface area (Å²) in [6, 6.07) is 4.61. The van der Waals surface area contributed by atoms with Crippen LogP contribution in [0.1, 0.15) is 28.7 Å². The van der Waals surface area contributed by atoms with Crippen LogP contribution >= 0.6 is 11.6 Å². The van der Waals surface area contributed by atoms with Crippen LogP contribution in [0.15, 0.2) is 18.2 Å². The first kappa shape index (κ1) is 15.2. The first-order chi connectivity index (χ1) is 9.92. The number of benzene rings is 1. The number of esters is 1. The summed E-state index contributed by atoms with van der Waals surface area (Å²) in [6.07, 6.45) is 0. The lowest BCUT2D eigenvalue weighted by Crippen LogP contribution is -2.10. The zero-order valence-corrected chi connectivity index (χ0v) is 12.6. The van der Waals surface area contributed by atoms with E-state index in [1.165, 1.54) is 12.1 Å². The third-order valence-corrected chi connectivity index (χ3v) is 3.50. The summed E-state index contributed by atoms with van der Waals surface area (Å²) < 4.78 is 6.97. The van der Waals surface area contributed by atoms with E-state index < -0.39 is 5.97 Å². The minimum Gasteiger partial charge on any atom is -0.456 e. The molecule has 0 aliphatic rings. The van der Waals surface area contributed by atoms with E-state index in [1.807, 2.05) is 6.92 Å². The number of aryl methyl sites for hydroxylation is 2. The van der Waals surface area contributed by atoms with Gasteiger partial charge in [0.05, 0.1) is 22.0 Å². The minimum atomic E-state index is -0.508. The largest absolute Gasteiger partial charge is 0.456 e. The molecule has 1 heterocycles. The Kier molecular flexibility index (Phi) is 4.37. The number of rotatable bonds is 4. The smallest absolute Gasteiger partial charge is 0.338 e. The van der Waals surface area contributed by atoms with Crippen molar-refractivity contribution in [3.05, 3.63) is 40.2 Å². The number of carbonyl (C=O) groups excluding carboxylic acids is 1. The van der Waals surface area contributed by atoms with Crippen molar-refractivity contribution in [1.29, 1.82) is 0 Å². The molecule has 21 heavy (non-hydrogen) atoms. The van der Waals surface area contributed by atoms with Gasteiger partial charge >= 0.3 is 5.97 Å². The van der Waals surface area contributed by atoms with E-state index in [1.54, 1.807) is 17.7 Å². The van der Waals surface area contributed by atoms with E-state index in [0.717, 1.165) is 0 Å². The molecule has 0 aliphatic heterocycles. The summed E-state index contributed by atoms with van der Waals surface area (Å²) in [5.41, 5.74) is 13.8. The van der Waals surface area contributed by atoms with Gasteiger partial charge in [-0.2, -0.15) is 5.10 Å². The number of ether oxygens (including phenoxy) is 1. The van der Waals surface area contributed by atoms with Gasteiger partial charge in [-0.3, -0.25) is 4.68 Å². The quantitative estimate of drug-likeness (QED) is 0.668. The van der Waals surface area contributed by atoms with Crippen molar-refractivity contribution in [2.45, 2.75) is 27.0 Å². The lowest BCUT2D eigenvalue weighted by atomic mass is 10.2. The molecule has 1 aromatic heterocycles. The van der Waals surface area contributed by atoms with Crippen LogP contribution in [0.4, 0.5) is 11.4 Å². The zero-order chi connectivity index (χ0) is 15.6. The van der Waals surface area contributed by atoms with Gasteiger partial charge in [-0.15, -0.1) is 0 Å². The molecule has 0 fully saturated rings. The summed E-state index contributed by atoms with van der Waals surface area (Å²) in [4.78, 5) is 12.0. The molecule has 2 aromatic rings. The number of nitrogens with two attached hydrogens (primary N) is 2. The number of anilines is 2. The van der Waals surface area contributed by atoms with Crippen molar-refractivity contribution in [1.82, 2.24) is 9.78 Å². The highest BCUT2D eigenvalue weighted by Gasteiger charge is 2.15. The predicted octanol–water partition coefficient (Wildman–Crippen LogP) is 2.39. The topological polar surface area (TPSA) is 96.2 Å². The number of hydrogen-bond acceptors (Lipinski definition) is 5. The second-order valence-corrected chi connectivity index (χ2v) is 5.00. The second-order valence-electron chi connectivity index (χ2n) is 4.63. The monoisotopic (exact) mass is 308 g/mol. The summed E-state index contributed by atoms with van der Waals surface area (Å²) in [5, 5.41) is 4.77. The van der Waals surface area contributed by atoms with Crippen LogP contribution in [0, 0.1) is 6.92 Å². The molecule has 0 amide bonds. The van der Waals surface area contributed by atoms with Gasteiger partial charge in [0, 0.05) is 17.9 Å². The number of halogens is 1. The molecule has 0 bridgehead atoms. The molecule has 7 heteroatoms. The van der Waals surface area contributed by atoms with E-state index in [2.05, 4.69) is 5.10 Å². The third-order valence-electron chi connectivity index (χ3n) is 3.01. The van der Waals surface area contributed by atoms with Crippen molar-refractivity contribution in [2.75, 3.05) is 11.5 Å². The maximum atomic E-state index is 12.0. The number of aromatic nitrogens is 2. The molecule has 0 saturated carbocycles. The first-order valence-electron chi connectivity index (χ1n) is 6.47. The van der Waals surface area contributed by atoms with E-state index in [9.17, 15) is 4.79 Å². The summed E-state index contributed by atoms with van der Waals surface area (Å²) >= 11 is 6.16. The molecular weight excluding hydrogens is 292 g/mol. The van der Waals surface area contributed by atoms with Crippen molar-refractivity contribution in [2.24, 2.45) is 0 Å². The Morgan fingerprint density at radius 1 is 1.33 bits per heavy atom. The fraction of sp³-hybridized carbons (Fsp3) is 0.286. The standard InChI is InChI=1S/C14H17ClN4O2/c1-3-19-12(13(15)8(2)18-19)7-21-14(20)9-4-10(16)6-11(17)5-9/h4-6H,3,7,16-17H2,1-2H3. The maximum Gasteiger partial charge on any atom is 0.338 e. The van der Waals surface area contributed by atoms with Gasteiger partial charge in [-0.05, 0) is 32.0 Å². The predicted molar refractivity (Wildman–Crippen MR) is 82.0 cm³/mol. The molecule has 6 nitrogen and oxygen atoms in total. The third kappa shape index (κ3) is 3.28. The lowest BCUT2D eigenvalue weighted by molar-refractivity contribution is 0.0462. The summed E-state index contributed by atoms with van der Waals surface area (Å²) in [7, 11) is 0. The number of carbonyl (C=O) groups is 1. The van der Waals surface area contributed by atoms with E-state index in [4.69, 9.17) is 27.8 Å². The molecule has 0 spiro atoms. The van der Waals surface area contributed by atoms with Crippen LogP contribution in [0.5, 0.6) is 0 Å². The molecule has 0 atom stereocenters. The van der Waals surface area contributed by atoms with Crippen molar-refractivity contribution in [3.8, 4) is 0 Å². The van der Waals surface area contributed by atoms with Gasteiger partial charge in [0.2, 0.25) is 0 Å². The molecule has 4 N–H and O–H groups in total. The Bertz CT molecular complexity index is 662. The lowest BCUT2D eigenvalue weighted by Gasteiger charge is -2.08. The van der Waals surface area contributed by atoms with Crippen molar-refractivity contribution >= 4 is 28.9 Å². The Morgan fingerprint density at radius 2 is 1.95 bits per heavy atom. The Morgan fingerprint density at radius 3 is 2.52 bits per heavy atom. The molecular formula is C14H17ClN4O2.